The Bertz CT molecular complexity index is 369. The van der Waals surface area contributed by atoms with Crippen molar-refractivity contribution in [2.24, 2.45) is 0 Å². The Labute approximate surface area is 116 Å². The van der Waals surface area contributed by atoms with Crippen LogP contribution in [0, 0.1) is 0 Å². The summed E-state index contributed by atoms with van der Waals surface area (Å²) >= 11 is 0. The molecule has 3 heteroatoms. The summed E-state index contributed by atoms with van der Waals surface area (Å²) in [5, 5.41) is 13.8. The summed E-state index contributed by atoms with van der Waals surface area (Å²) in [6.45, 7) is 2.18. The fourth-order valence-electron chi connectivity index (χ4n) is 2.75. The summed E-state index contributed by atoms with van der Waals surface area (Å²) < 4.78 is 5.09. The Hall–Kier alpha value is -0.900. The van der Waals surface area contributed by atoms with Crippen molar-refractivity contribution in [2.75, 3.05) is 13.7 Å². The van der Waals surface area contributed by atoms with E-state index in [1.54, 1.807) is 7.11 Å². The Morgan fingerprint density at radius 3 is 2.37 bits per heavy atom. The molecule has 1 fully saturated rings. The van der Waals surface area contributed by atoms with Crippen LogP contribution in [0.4, 0.5) is 0 Å². The van der Waals surface area contributed by atoms with Gasteiger partial charge in [0, 0.05) is 20.2 Å². The van der Waals surface area contributed by atoms with Gasteiger partial charge in [-0.15, -0.1) is 0 Å². The smallest absolute Gasteiger partial charge is 0.0771 e. The minimum absolute atomic E-state index is 0.478. The van der Waals surface area contributed by atoms with E-state index in [-0.39, 0.29) is 0 Å². The molecule has 3 nitrogen and oxygen atoms in total. The van der Waals surface area contributed by atoms with Crippen LogP contribution >= 0.6 is 0 Å². The van der Waals surface area contributed by atoms with Crippen LogP contribution in [0.25, 0.3) is 0 Å². The first kappa shape index (κ1) is 14.5. The molecule has 0 amide bonds. The molecule has 0 aliphatic heterocycles. The Balaban J connectivity index is 1.75. The van der Waals surface area contributed by atoms with Crippen molar-refractivity contribution in [3.05, 3.63) is 35.4 Å². The SMILES string of the molecule is COCc1ccc(CNCC2(O)CCCCC2)cc1. The van der Waals surface area contributed by atoms with Crippen LogP contribution < -0.4 is 5.32 Å². The number of rotatable bonds is 6. The van der Waals surface area contributed by atoms with Gasteiger partial charge < -0.3 is 15.2 Å². The third-order valence-electron chi connectivity index (χ3n) is 3.90. The predicted molar refractivity (Wildman–Crippen MR) is 76.9 cm³/mol. The highest BCUT2D eigenvalue weighted by molar-refractivity contribution is 5.21. The molecule has 2 rings (SSSR count). The summed E-state index contributed by atoms with van der Waals surface area (Å²) in [7, 11) is 1.71. The average Bonchev–Trinajstić information content (AvgIpc) is 2.42. The van der Waals surface area contributed by atoms with Crippen molar-refractivity contribution < 1.29 is 9.84 Å². The van der Waals surface area contributed by atoms with Gasteiger partial charge >= 0.3 is 0 Å². The van der Waals surface area contributed by atoms with Crippen LogP contribution in [-0.2, 0) is 17.9 Å². The number of benzene rings is 1. The Morgan fingerprint density at radius 1 is 1.11 bits per heavy atom. The lowest BCUT2D eigenvalue weighted by Gasteiger charge is -2.32. The van der Waals surface area contributed by atoms with Gasteiger partial charge in [0.25, 0.3) is 0 Å². The molecule has 0 spiro atoms. The highest BCUT2D eigenvalue weighted by atomic mass is 16.5. The molecule has 1 aliphatic rings. The van der Waals surface area contributed by atoms with Crippen molar-refractivity contribution in [2.45, 2.75) is 50.9 Å². The second kappa shape index (κ2) is 7.04. The van der Waals surface area contributed by atoms with E-state index < -0.39 is 5.60 Å². The predicted octanol–water partition coefficient (Wildman–Crippen LogP) is 2.62. The zero-order chi connectivity index (χ0) is 13.6. The van der Waals surface area contributed by atoms with E-state index in [4.69, 9.17) is 4.74 Å². The van der Waals surface area contributed by atoms with E-state index >= 15 is 0 Å². The molecule has 2 N–H and O–H groups in total. The van der Waals surface area contributed by atoms with Crippen molar-refractivity contribution in [3.8, 4) is 0 Å². The Kier molecular flexibility index (Phi) is 5.37. The van der Waals surface area contributed by atoms with Crippen LogP contribution in [-0.4, -0.2) is 24.4 Å². The molecule has 19 heavy (non-hydrogen) atoms. The third kappa shape index (κ3) is 4.60. The molecular weight excluding hydrogens is 238 g/mol. The van der Waals surface area contributed by atoms with Gasteiger partial charge in [0.2, 0.25) is 0 Å². The molecule has 0 saturated heterocycles. The highest BCUT2D eigenvalue weighted by Gasteiger charge is 2.28. The molecule has 1 aliphatic carbocycles. The molecule has 1 saturated carbocycles. The van der Waals surface area contributed by atoms with Crippen molar-refractivity contribution >= 4 is 0 Å². The summed E-state index contributed by atoms with van der Waals surface area (Å²) in [6, 6.07) is 8.42. The van der Waals surface area contributed by atoms with Gasteiger partial charge in [-0.1, -0.05) is 43.5 Å². The summed E-state index contributed by atoms with van der Waals surface area (Å²) in [5.74, 6) is 0. The van der Waals surface area contributed by atoms with E-state index in [1.807, 2.05) is 0 Å². The van der Waals surface area contributed by atoms with Crippen LogP contribution in [0.5, 0.6) is 0 Å². The first-order chi connectivity index (χ1) is 9.22. The van der Waals surface area contributed by atoms with Gasteiger partial charge in [0.15, 0.2) is 0 Å². The van der Waals surface area contributed by atoms with Gasteiger partial charge in [-0.05, 0) is 24.0 Å². The zero-order valence-corrected chi connectivity index (χ0v) is 11.8. The van der Waals surface area contributed by atoms with E-state index in [2.05, 4.69) is 29.6 Å². The topological polar surface area (TPSA) is 41.5 Å². The molecule has 1 aromatic carbocycles. The van der Waals surface area contributed by atoms with E-state index in [9.17, 15) is 5.11 Å². The van der Waals surface area contributed by atoms with Crippen LogP contribution in [0.1, 0.15) is 43.2 Å². The van der Waals surface area contributed by atoms with Crippen molar-refractivity contribution in [3.63, 3.8) is 0 Å². The number of hydrogen-bond acceptors (Lipinski definition) is 3. The van der Waals surface area contributed by atoms with E-state index in [1.165, 1.54) is 17.5 Å². The van der Waals surface area contributed by atoms with Gasteiger partial charge in [0.05, 0.1) is 12.2 Å². The molecule has 0 heterocycles. The first-order valence-corrected chi connectivity index (χ1v) is 7.22. The second-order valence-electron chi connectivity index (χ2n) is 5.64. The van der Waals surface area contributed by atoms with Gasteiger partial charge in [-0.3, -0.25) is 0 Å². The lowest BCUT2D eigenvalue weighted by Crippen LogP contribution is -2.41. The maximum Gasteiger partial charge on any atom is 0.0771 e. The first-order valence-electron chi connectivity index (χ1n) is 7.22. The minimum atomic E-state index is -0.478. The van der Waals surface area contributed by atoms with E-state index in [0.717, 1.165) is 32.2 Å². The summed E-state index contributed by atoms with van der Waals surface area (Å²) in [5.41, 5.74) is 1.96. The maximum absolute atomic E-state index is 10.4. The molecule has 1 aromatic rings. The molecule has 0 atom stereocenters. The van der Waals surface area contributed by atoms with Crippen LogP contribution in [0.15, 0.2) is 24.3 Å². The number of nitrogens with one attached hydrogen (secondary N) is 1. The lowest BCUT2D eigenvalue weighted by atomic mass is 9.85. The lowest BCUT2D eigenvalue weighted by molar-refractivity contribution is 0.00467. The molecular formula is C16H25NO2. The fraction of sp³-hybridized carbons (Fsp3) is 0.625. The molecule has 0 unspecified atom stereocenters. The monoisotopic (exact) mass is 263 g/mol. The normalized spacial score (nSPS) is 18.4. The van der Waals surface area contributed by atoms with Crippen LogP contribution in [0.2, 0.25) is 0 Å². The molecule has 0 radical (unpaired) electrons. The van der Waals surface area contributed by atoms with Crippen molar-refractivity contribution in [1.82, 2.24) is 5.32 Å². The standard InChI is InChI=1S/C16H25NO2/c1-19-12-15-7-5-14(6-8-15)11-17-13-16(18)9-3-2-4-10-16/h5-8,17-18H,2-4,9-13H2,1H3. The van der Waals surface area contributed by atoms with E-state index in [0.29, 0.717) is 13.2 Å². The molecule has 0 bridgehead atoms. The number of ether oxygens (including phenoxy) is 1. The average molecular weight is 263 g/mol. The van der Waals surface area contributed by atoms with Crippen LogP contribution in [0.3, 0.4) is 0 Å². The highest BCUT2D eigenvalue weighted by Crippen LogP contribution is 2.27. The number of hydrogen-bond donors (Lipinski definition) is 2. The second-order valence-corrected chi connectivity index (χ2v) is 5.64. The quantitative estimate of drug-likeness (QED) is 0.829. The summed E-state index contributed by atoms with van der Waals surface area (Å²) in [4.78, 5) is 0. The fourth-order valence-corrected chi connectivity index (χ4v) is 2.75. The molecule has 106 valence electrons. The summed E-state index contributed by atoms with van der Waals surface area (Å²) in [6.07, 6.45) is 5.45. The van der Waals surface area contributed by atoms with Gasteiger partial charge in [0.1, 0.15) is 0 Å². The maximum atomic E-state index is 10.4. The Morgan fingerprint density at radius 2 is 1.74 bits per heavy atom. The number of aliphatic hydroxyl groups is 1. The zero-order valence-electron chi connectivity index (χ0n) is 11.8. The largest absolute Gasteiger partial charge is 0.389 e. The van der Waals surface area contributed by atoms with Crippen molar-refractivity contribution in [1.29, 1.82) is 0 Å². The van der Waals surface area contributed by atoms with Gasteiger partial charge in [-0.2, -0.15) is 0 Å². The molecule has 0 aromatic heterocycles. The third-order valence-corrected chi connectivity index (χ3v) is 3.90. The van der Waals surface area contributed by atoms with Gasteiger partial charge in [-0.25, -0.2) is 0 Å². The number of methoxy groups -OCH3 is 1. The minimum Gasteiger partial charge on any atom is -0.389 e.